The number of aromatic amines is 1. The maximum Gasteiger partial charge on any atom is 0.0843 e. The van der Waals surface area contributed by atoms with Crippen molar-refractivity contribution in [3.05, 3.63) is 41.9 Å². The predicted molar refractivity (Wildman–Crippen MR) is 95.7 cm³/mol. The van der Waals surface area contributed by atoms with E-state index in [9.17, 15) is 0 Å². The van der Waals surface area contributed by atoms with Crippen molar-refractivity contribution >= 4 is 16.6 Å². The molecule has 1 saturated heterocycles. The van der Waals surface area contributed by atoms with Crippen molar-refractivity contribution < 1.29 is 0 Å². The van der Waals surface area contributed by atoms with Gasteiger partial charge in [-0.15, -0.1) is 0 Å². The number of H-pyrrole nitrogens is 1. The minimum absolute atomic E-state index is 0.431. The van der Waals surface area contributed by atoms with Gasteiger partial charge in [0.2, 0.25) is 0 Å². The zero-order chi connectivity index (χ0) is 16.5. The molecule has 24 heavy (non-hydrogen) atoms. The molecule has 3 N–H and O–H groups in total. The molecule has 1 aliphatic heterocycles. The second kappa shape index (κ2) is 6.28. The number of para-hydroxylation sites is 1. The Morgan fingerprint density at radius 2 is 2.21 bits per heavy atom. The van der Waals surface area contributed by atoms with Crippen LogP contribution in [-0.4, -0.2) is 38.0 Å². The van der Waals surface area contributed by atoms with Crippen molar-refractivity contribution in [3.8, 4) is 0 Å². The Hall–Kier alpha value is -2.34. The lowest BCUT2D eigenvalue weighted by molar-refractivity contribution is 0.197. The number of nitrogens with one attached hydrogen (secondary N) is 1. The third-order valence-electron chi connectivity index (χ3n) is 5.02. The molecule has 0 radical (unpaired) electrons. The maximum atomic E-state index is 6.04. The van der Waals surface area contributed by atoms with Crippen LogP contribution >= 0.6 is 0 Å². The van der Waals surface area contributed by atoms with Gasteiger partial charge in [0.15, 0.2) is 0 Å². The van der Waals surface area contributed by atoms with Gasteiger partial charge in [-0.05, 0) is 32.4 Å². The highest BCUT2D eigenvalue weighted by atomic mass is 15.3. The minimum Gasteiger partial charge on any atom is -0.396 e. The van der Waals surface area contributed by atoms with E-state index < -0.39 is 0 Å². The summed E-state index contributed by atoms with van der Waals surface area (Å²) in [5.41, 5.74) is 10.3. The van der Waals surface area contributed by atoms with Gasteiger partial charge in [0, 0.05) is 30.9 Å². The second-order valence-corrected chi connectivity index (χ2v) is 6.59. The molecule has 0 saturated carbocycles. The number of likely N-dealkylation sites (tertiary alicyclic amines) is 1. The summed E-state index contributed by atoms with van der Waals surface area (Å²) in [6.45, 7) is 6.03. The van der Waals surface area contributed by atoms with Crippen LogP contribution in [0.5, 0.6) is 0 Å². The van der Waals surface area contributed by atoms with E-state index in [1.54, 1.807) is 6.20 Å². The fourth-order valence-electron chi connectivity index (χ4n) is 3.83. The molecule has 4 rings (SSSR count). The van der Waals surface area contributed by atoms with E-state index in [1.807, 2.05) is 0 Å². The van der Waals surface area contributed by atoms with Crippen molar-refractivity contribution in [2.75, 3.05) is 18.8 Å². The van der Waals surface area contributed by atoms with Crippen LogP contribution < -0.4 is 5.73 Å². The van der Waals surface area contributed by atoms with Gasteiger partial charge in [-0.3, -0.25) is 14.7 Å². The molecule has 0 spiro atoms. The molecule has 6 heteroatoms. The van der Waals surface area contributed by atoms with Crippen LogP contribution in [0, 0.1) is 0 Å². The number of hydrogen-bond donors (Lipinski definition) is 2. The van der Waals surface area contributed by atoms with Crippen LogP contribution in [0.1, 0.15) is 37.1 Å². The molecule has 0 amide bonds. The Labute approximate surface area is 141 Å². The molecule has 1 unspecified atom stereocenters. The lowest BCUT2D eigenvalue weighted by Crippen LogP contribution is -2.34. The summed E-state index contributed by atoms with van der Waals surface area (Å²) in [7, 11) is 0. The van der Waals surface area contributed by atoms with E-state index in [4.69, 9.17) is 10.8 Å². The fourth-order valence-corrected chi connectivity index (χ4v) is 3.83. The van der Waals surface area contributed by atoms with Gasteiger partial charge >= 0.3 is 0 Å². The van der Waals surface area contributed by atoms with E-state index in [0.717, 1.165) is 44.0 Å². The molecule has 1 atom stereocenters. The highest BCUT2D eigenvalue weighted by molar-refractivity contribution is 5.81. The molecule has 0 bridgehead atoms. The summed E-state index contributed by atoms with van der Waals surface area (Å²) in [6.07, 6.45) is 4.05. The van der Waals surface area contributed by atoms with Crippen molar-refractivity contribution in [2.24, 2.45) is 0 Å². The first-order chi connectivity index (χ1) is 11.8. The zero-order valence-corrected chi connectivity index (χ0v) is 14.1. The topological polar surface area (TPSA) is 75.8 Å². The molecule has 3 heterocycles. The highest BCUT2D eigenvalue weighted by Gasteiger charge is 2.25. The van der Waals surface area contributed by atoms with Crippen LogP contribution in [0.2, 0.25) is 0 Å². The van der Waals surface area contributed by atoms with Crippen molar-refractivity contribution in [3.63, 3.8) is 0 Å². The van der Waals surface area contributed by atoms with E-state index in [0.29, 0.717) is 5.92 Å². The third kappa shape index (κ3) is 2.67. The lowest BCUT2D eigenvalue weighted by atomic mass is 9.94. The van der Waals surface area contributed by atoms with E-state index >= 15 is 0 Å². The van der Waals surface area contributed by atoms with E-state index in [2.05, 4.69) is 51.0 Å². The van der Waals surface area contributed by atoms with Crippen LogP contribution in [0.4, 0.5) is 5.69 Å². The molecular formula is C18H24N6. The average Bonchev–Trinajstić information content (AvgIpc) is 3.19. The number of hydrogen-bond acceptors (Lipinski definition) is 4. The molecule has 1 aromatic carbocycles. The molecule has 1 fully saturated rings. The number of piperidine rings is 1. The Bertz CT molecular complexity index is 833. The van der Waals surface area contributed by atoms with Gasteiger partial charge in [-0.1, -0.05) is 18.2 Å². The first kappa shape index (κ1) is 15.2. The zero-order valence-electron chi connectivity index (χ0n) is 14.1. The normalized spacial score (nSPS) is 19.1. The quantitative estimate of drug-likeness (QED) is 0.774. The van der Waals surface area contributed by atoms with Crippen LogP contribution in [0.3, 0.4) is 0 Å². The maximum absolute atomic E-state index is 6.04. The standard InChI is InChI=1S/C18H24N6/c1-2-24-17-8-4-3-7-14(17)16(22-24)12-23-9-5-6-13(11-23)18-15(19)10-20-21-18/h3-4,7-8,10,13H,2,5-6,9,11-12,19H2,1H3,(H,20,21). The van der Waals surface area contributed by atoms with Crippen molar-refractivity contribution in [1.29, 1.82) is 0 Å². The summed E-state index contributed by atoms with van der Waals surface area (Å²) >= 11 is 0. The van der Waals surface area contributed by atoms with Crippen LogP contribution in [-0.2, 0) is 13.1 Å². The Balaban J connectivity index is 1.56. The summed E-state index contributed by atoms with van der Waals surface area (Å²) in [5, 5.41) is 13.3. The molecule has 126 valence electrons. The SMILES string of the molecule is CCn1nc(CN2CCCC(c3[nH]ncc3N)C2)c2ccccc21. The molecule has 3 aromatic rings. The predicted octanol–water partition coefficient (Wildman–Crippen LogP) is 2.74. The number of nitrogens with zero attached hydrogens (tertiary/aromatic N) is 4. The first-order valence-corrected chi connectivity index (χ1v) is 8.71. The first-order valence-electron chi connectivity index (χ1n) is 8.71. The van der Waals surface area contributed by atoms with Crippen LogP contribution in [0.15, 0.2) is 30.5 Å². The fraction of sp³-hybridized carbons (Fsp3) is 0.444. The van der Waals surface area contributed by atoms with Crippen molar-refractivity contribution in [1.82, 2.24) is 24.9 Å². The second-order valence-electron chi connectivity index (χ2n) is 6.59. The largest absolute Gasteiger partial charge is 0.396 e. The number of aromatic nitrogens is 4. The molecule has 2 aromatic heterocycles. The van der Waals surface area contributed by atoms with Crippen molar-refractivity contribution in [2.45, 2.75) is 38.8 Å². The van der Waals surface area contributed by atoms with Gasteiger partial charge in [0.05, 0.1) is 28.8 Å². The number of fused-ring (bicyclic) bond motifs is 1. The highest BCUT2D eigenvalue weighted by Crippen LogP contribution is 2.30. The lowest BCUT2D eigenvalue weighted by Gasteiger charge is -2.32. The molecular weight excluding hydrogens is 300 g/mol. The summed E-state index contributed by atoms with van der Waals surface area (Å²) < 4.78 is 2.10. The average molecular weight is 324 g/mol. The molecule has 0 aliphatic carbocycles. The van der Waals surface area contributed by atoms with Crippen LogP contribution in [0.25, 0.3) is 10.9 Å². The number of aryl methyl sites for hydroxylation is 1. The number of benzene rings is 1. The van der Waals surface area contributed by atoms with E-state index in [1.165, 1.54) is 23.0 Å². The number of nitrogen functional groups attached to an aromatic ring is 1. The summed E-state index contributed by atoms with van der Waals surface area (Å²) in [6, 6.07) is 8.51. The Morgan fingerprint density at radius 3 is 3.00 bits per heavy atom. The summed E-state index contributed by atoms with van der Waals surface area (Å²) in [4.78, 5) is 2.49. The number of anilines is 1. The number of nitrogens with two attached hydrogens (primary N) is 1. The van der Waals surface area contributed by atoms with Gasteiger partial charge in [-0.25, -0.2) is 0 Å². The summed E-state index contributed by atoms with van der Waals surface area (Å²) in [5.74, 6) is 0.431. The van der Waals surface area contributed by atoms with Gasteiger partial charge in [0.25, 0.3) is 0 Å². The Kier molecular flexibility index (Phi) is 3.98. The van der Waals surface area contributed by atoms with Gasteiger partial charge in [-0.2, -0.15) is 10.2 Å². The van der Waals surface area contributed by atoms with Gasteiger partial charge < -0.3 is 5.73 Å². The number of rotatable bonds is 4. The van der Waals surface area contributed by atoms with Gasteiger partial charge in [0.1, 0.15) is 0 Å². The third-order valence-corrected chi connectivity index (χ3v) is 5.02. The molecule has 6 nitrogen and oxygen atoms in total. The monoisotopic (exact) mass is 324 g/mol. The smallest absolute Gasteiger partial charge is 0.0843 e. The molecule has 1 aliphatic rings. The Morgan fingerprint density at radius 1 is 1.33 bits per heavy atom. The minimum atomic E-state index is 0.431. The van der Waals surface area contributed by atoms with E-state index in [-0.39, 0.29) is 0 Å².